The third-order valence-corrected chi connectivity index (χ3v) is 7.26. The van der Waals surface area contributed by atoms with Crippen LogP contribution >= 0.6 is 0 Å². The molecule has 10 nitrogen and oxygen atoms in total. The number of carbonyl (C=O) groups is 2. The molecule has 0 bridgehead atoms. The summed E-state index contributed by atoms with van der Waals surface area (Å²) in [4.78, 5) is 32.9. The van der Waals surface area contributed by atoms with E-state index >= 15 is 0 Å². The Kier molecular flexibility index (Phi) is 9.42. The van der Waals surface area contributed by atoms with Crippen molar-refractivity contribution in [1.82, 2.24) is 25.5 Å². The van der Waals surface area contributed by atoms with Crippen molar-refractivity contribution in [3.63, 3.8) is 0 Å². The minimum Gasteiger partial charge on any atom is -0.491 e. The van der Waals surface area contributed by atoms with Gasteiger partial charge in [0.05, 0.1) is 25.4 Å². The fourth-order valence-corrected chi connectivity index (χ4v) is 5.08. The minimum atomic E-state index is -0.136. The van der Waals surface area contributed by atoms with Gasteiger partial charge in [-0.25, -0.2) is 5.01 Å². The fraction of sp³-hybridized carbons (Fsp3) is 0.467. The van der Waals surface area contributed by atoms with Crippen molar-refractivity contribution in [3.05, 3.63) is 59.0 Å². The highest BCUT2D eigenvalue weighted by atomic mass is 16.5. The third-order valence-electron chi connectivity index (χ3n) is 7.26. The largest absolute Gasteiger partial charge is 0.491 e. The van der Waals surface area contributed by atoms with Crippen molar-refractivity contribution in [2.45, 2.75) is 60.0 Å². The fourth-order valence-electron chi connectivity index (χ4n) is 5.08. The first-order valence-electron chi connectivity index (χ1n) is 13.6. The van der Waals surface area contributed by atoms with E-state index in [-0.39, 0.29) is 32.3 Å². The average molecular weight is 549 g/mol. The zero-order chi connectivity index (χ0) is 27.4. The Labute approximate surface area is 236 Å². The molecule has 2 aliphatic rings. The lowest BCUT2D eigenvalue weighted by atomic mass is 10.1. The molecule has 0 aliphatic carbocycles. The molecule has 1 N–H and O–H groups in total. The predicted octanol–water partition coefficient (Wildman–Crippen LogP) is 4.12. The first-order chi connectivity index (χ1) is 18.9. The van der Waals surface area contributed by atoms with E-state index < -0.39 is 0 Å². The number of anilines is 1. The monoisotopic (exact) mass is 548 g/mol. The van der Waals surface area contributed by atoms with Crippen LogP contribution in [0.25, 0.3) is 11.4 Å². The Hall–Kier alpha value is -3.92. The van der Waals surface area contributed by atoms with Gasteiger partial charge in [0.2, 0.25) is 17.6 Å². The van der Waals surface area contributed by atoms with Crippen molar-refractivity contribution in [1.29, 1.82) is 0 Å². The van der Waals surface area contributed by atoms with Crippen LogP contribution in [0.4, 0.5) is 5.69 Å². The average Bonchev–Trinajstić information content (AvgIpc) is 3.69. The zero-order valence-corrected chi connectivity index (χ0v) is 22.9. The first-order valence-corrected chi connectivity index (χ1v) is 13.6. The summed E-state index contributed by atoms with van der Waals surface area (Å²) in [7, 11) is 1.79. The van der Waals surface area contributed by atoms with Crippen molar-refractivity contribution in [2.75, 3.05) is 38.2 Å². The number of hydrogen-bond donors (Lipinski definition) is 1. The molecule has 0 spiro atoms. The summed E-state index contributed by atoms with van der Waals surface area (Å²) in [6, 6.07) is 12.1. The highest BCUT2D eigenvalue weighted by molar-refractivity contribution is 5.88. The number of aryl methyl sites for hydroxylation is 1. The molecule has 214 valence electrons. The molecule has 0 fully saturated rings. The van der Waals surface area contributed by atoms with Crippen molar-refractivity contribution >= 4 is 17.5 Å². The first kappa shape index (κ1) is 29.1. The van der Waals surface area contributed by atoms with Crippen LogP contribution in [-0.4, -0.2) is 65.3 Å². The lowest BCUT2D eigenvalue weighted by molar-refractivity contribution is -0.145. The van der Waals surface area contributed by atoms with Gasteiger partial charge < -0.3 is 19.5 Å². The minimum absolute atomic E-state index is 0. The number of carbonyl (C=O) groups excluding carboxylic acids is 2. The van der Waals surface area contributed by atoms with E-state index in [1.165, 1.54) is 11.1 Å². The molecule has 5 rings (SSSR count). The van der Waals surface area contributed by atoms with Crippen LogP contribution in [0.5, 0.6) is 5.75 Å². The van der Waals surface area contributed by atoms with E-state index in [1.54, 1.807) is 23.9 Å². The van der Waals surface area contributed by atoms with Crippen LogP contribution in [0.3, 0.4) is 0 Å². The van der Waals surface area contributed by atoms with E-state index in [2.05, 4.69) is 34.5 Å². The highest BCUT2D eigenvalue weighted by Gasteiger charge is 2.29. The standard InChI is InChI=1S/C29H36N6O4.CH4/c1-4-5-8-12-30-26(36)18-34(19-27(37)33(3)35-16-22-9-6-7-10-23(22)17-35)25-15-24(29-31-20(2)39-32-29)14-21-11-13-38-28(21)25;/h6-7,9-10,14-15H,4-5,8,11-13,16-19H2,1-3H3,(H,30,36);1H4. The Balaban J connectivity index is 0.00000370. The van der Waals surface area contributed by atoms with E-state index in [1.807, 2.05) is 29.3 Å². The molecule has 3 heterocycles. The molecule has 0 saturated heterocycles. The Morgan fingerprint density at radius 3 is 2.50 bits per heavy atom. The van der Waals surface area contributed by atoms with Gasteiger partial charge in [-0.15, -0.1) is 0 Å². The van der Waals surface area contributed by atoms with Crippen LogP contribution in [-0.2, 0) is 29.1 Å². The number of likely N-dealkylation sites (N-methyl/N-ethyl adjacent to an activating group) is 1. The summed E-state index contributed by atoms with van der Waals surface area (Å²) in [5.41, 5.74) is 4.87. The van der Waals surface area contributed by atoms with Gasteiger partial charge in [0.25, 0.3) is 5.91 Å². The van der Waals surface area contributed by atoms with Gasteiger partial charge >= 0.3 is 0 Å². The van der Waals surface area contributed by atoms with E-state index in [0.717, 1.165) is 36.8 Å². The summed E-state index contributed by atoms with van der Waals surface area (Å²) >= 11 is 0. The van der Waals surface area contributed by atoms with Gasteiger partial charge in [-0.1, -0.05) is 56.6 Å². The van der Waals surface area contributed by atoms with Crippen molar-refractivity contribution in [2.24, 2.45) is 0 Å². The maximum atomic E-state index is 13.6. The van der Waals surface area contributed by atoms with Crippen LogP contribution in [0, 0.1) is 6.92 Å². The molecule has 1 aromatic heterocycles. The van der Waals surface area contributed by atoms with Crippen molar-refractivity contribution < 1.29 is 18.8 Å². The molecule has 0 unspecified atom stereocenters. The van der Waals surface area contributed by atoms with Gasteiger partial charge in [0, 0.05) is 51.2 Å². The van der Waals surface area contributed by atoms with Gasteiger partial charge in [0.15, 0.2) is 0 Å². The molecular weight excluding hydrogens is 508 g/mol. The lowest BCUT2D eigenvalue weighted by Crippen LogP contribution is -2.48. The van der Waals surface area contributed by atoms with E-state index in [9.17, 15) is 9.59 Å². The second-order valence-corrected chi connectivity index (χ2v) is 10.1. The third kappa shape index (κ3) is 6.44. The summed E-state index contributed by atoms with van der Waals surface area (Å²) in [6.45, 7) is 6.39. The Morgan fingerprint density at radius 1 is 1.07 bits per heavy atom. The topological polar surface area (TPSA) is 104 Å². The number of nitrogens with one attached hydrogen (secondary N) is 1. The summed E-state index contributed by atoms with van der Waals surface area (Å²) in [5.74, 6) is 1.37. The number of hydrogen-bond acceptors (Lipinski definition) is 8. The smallest absolute Gasteiger partial charge is 0.256 e. The predicted molar refractivity (Wildman–Crippen MR) is 154 cm³/mol. The van der Waals surface area contributed by atoms with Crippen LogP contribution in [0.15, 0.2) is 40.9 Å². The lowest BCUT2D eigenvalue weighted by Gasteiger charge is -2.32. The molecule has 10 heteroatoms. The number of nitrogens with zero attached hydrogens (tertiary/aromatic N) is 5. The van der Waals surface area contributed by atoms with Gasteiger partial charge in [-0.2, -0.15) is 4.98 Å². The Bertz CT molecular complexity index is 1310. The SMILES string of the molecule is C.CCCCCNC(=O)CN(CC(=O)N(C)N1Cc2ccccc2C1)c1cc(-c2noc(C)n2)cc2c1OCC2. The van der Waals surface area contributed by atoms with E-state index in [0.29, 0.717) is 49.4 Å². The number of unbranched alkanes of at least 4 members (excludes halogenated alkanes) is 2. The molecule has 2 aliphatic heterocycles. The van der Waals surface area contributed by atoms with Crippen LogP contribution in [0.1, 0.15) is 56.2 Å². The van der Waals surface area contributed by atoms with Crippen LogP contribution in [0.2, 0.25) is 0 Å². The van der Waals surface area contributed by atoms with Crippen LogP contribution < -0.4 is 15.0 Å². The molecule has 3 aromatic rings. The molecular formula is C30H40N6O4. The quantitative estimate of drug-likeness (QED) is 0.357. The molecule has 2 aromatic carbocycles. The number of ether oxygens (including phenoxy) is 1. The maximum Gasteiger partial charge on any atom is 0.256 e. The van der Waals surface area contributed by atoms with Gasteiger partial charge in [-0.05, 0) is 29.7 Å². The van der Waals surface area contributed by atoms with Gasteiger partial charge in [-0.3, -0.25) is 14.6 Å². The molecule has 40 heavy (non-hydrogen) atoms. The number of amides is 2. The number of fused-ring (bicyclic) bond motifs is 2. The molecule has 0 atom stereocenters. The summed E-state index contributed by atoms with van der Waals surface area (Å²) < 4.78 is 11.2. The molecule has 0 saturated carbocycles. The summed E-state index contributed by atoms with van der Waals surface area (Å²) in [6.07, 6.45) is 3.78. The van der Waals surface area contributed by atoms with Crippen molar-refractivity contribution in [3.8, 4) is 17.1 Å². The zero-order valence-electron chi connectivity index (χ0n) is 22.9. The normalized spacial score (nSPS) is 13.7. The Morgan fingerprint density at radius 2 is 1.82 bits per heavy atom. The maximum absolute atomic E-state index is 13.6. The number of hydrazine groups is 1. The molecule has 2 amide bonds. The second kappa shape index (κ2) is 13.0. The number of aromatic nitrogens is 2. The summed E-state index contributed by atoms with van der Waals surface area (Å²) in [5, 5.41) is 10.8. The number of rotatable bonds is 11. The van der Waals surface area contributed by atoms with E-state index in [4.69, 9.17) is 9.26 Å². The number of benzene rings is 2. The second-order valence-electron chi connectivity index (χ2n) is 10.1. The van der Waals surface area contributed by atoms with Gasteiger partial charge in [0.1, 0.15) is 5.75 Å². The highest BCUT2D eigenvalue weighted by Crippen LogP contribution is 2.40. The molecule has 0 radical (unpaired) electrons.